The average molecular weight is 325 g/mol. The molecule has 0 aliphatic heterocycles. The average Bonchev–Trinajstić information content (AvgIpc) is 3.05. The first-order valence-electron chi connectivity index (χ1n) is 6.56. The van der Waals surface area contributed by atoms with E-state index in [-0.39, 0.29) is 22.4 Å². The highest BCUT2D eigenvalue weighted by Crippen LogP contribution is 2.33. The molecule has 1 atom stereocenters. The lowest BCUT2D eigenvalue weighted by molar-refractivity contribution is -0.384. The Morgan fingerprint density at radius 1 is 1.00 bits per heavy atom. The van der Waals surface area contributed by atoms with Crippen LogP contribution >= 0.6 is 0 Å². The third-order valence-electron chi connectivity index (χ3n) is 3.50. The van der Waals surface area contributed by atoms with Gasteiger partial charge in [0, 0.05) is 23.8 Å². The predicted octanol–water partition coefficient (Wildman–Crippen LogP) is 2.69. The van der Waals surface area contributed by atoms with Gasteiger partial charge in [-0.3, -0.25) is 20.2 Å². The maximum Gasteiger partial charge on any atom is 0.300 e. The first-order valence-corrected chi connectivity index (χ1v) is 6.56. The molecule has 3 rings (SSSR count). The third kappa shape index (κ3) is 2.40. The number of rotatable bonds is 4. The van der Waals surface area contributed by atoms with Crippen molar-refractivity contribution in [3.05, 3.63) is 67.8 Å². The Hall–Kier alpha value is -3.87. The van der Waals surface area contributed by atoms with Crippen LogP contribution in [0.3, 0.4) is 0 Å². The molecule has 0 spiro atoms. The minimum absolute atomic E-state index is 0.0559. The Labute approximate surface area is 133 Å². The molecule has 0 fully saturated rings. The van der Waals surface area contributed by atoms with Gasteiger partial charge in [-0.15, -0.1) is 0 Å². The van der Waals surface area contributed by atoms with Crippen molar-refractivity contribution in [3.63, 3.8) is 0 Å². The molecule has 0 saturated carbocycles. The second-order valence-corrected chi connectivity index (χ2v) is 4.80. The van der Waals surface area contributed by atoms with Crippen LogP contribution in [-0.2, 0) is 0 Å². The summed E-state index contributed by atoms with van der Waals surface area (Å²) in [4.78, 5) is 20.5. The zero-order chi connectivity index (χ0) is 17.3. The Balaban J connectivity index is 2.12. The van der Waals surface area contributed by atoms with Crippen LogP contribution in [0, 0.1) is 31.6 Å². The van der Waals surface area contributed by atoms with Crippen molar-refractivity contribution in [1.29, 1.82) is 5.26 Å². The van der Waals surface area contributed by atoms with Crippen LogP contribution in [0.5, 0.6) is 0 Å². The molecule has 10 heteroatoms. The van der Waals surface area contributed by atoms with Crippen LogP contribution < -0.4 is 0 Å². The first-order chi connectivity index (χ1) is 11.5. The van der Waals surface area contributed by atoms with Gasteiger partial charge >= 0.3 is 5.69 Å². The van der Waals surface area contributed by atoms with E-state index in [1.54, 1.807) is 0 Å². The summed E-state index contributed by atoms with van der Waals surface area (Å²) in [7, 11) is 0. The smallest absolute Gasteiger partial charge is 0.258 e. The summed E-state index contributed by atoms with van der Waals surface area (Å²) >= 11 is 0. The maximum atomic E-state index is 11.0. The summed E-state index contributed by atoms with van der Waals surface area (Å²) < 4.78 is 4.57. The maximum absolute atomic E-state index is 11.0. The highest BCUT2D eigenvalue weighted by Gasteiger charge is 2.25. The van der Waals surface area contributed by atoms with Gasteiger partial charge in [0.05, 0.1) is 21.8 Å². The standard InChI is InChI=1S/C14H7N5O5/c15-7-11(8-1-3-9(4-2-8)18(20)21)10-5-6-12(19(22)23)14-13(10)16-24-17-14/h1-6,11H. The predicted molar refractivity (Wildman–Crippen MR) is 79.0 cm³/mol. The van der Waals surface area contributed by atoms with E-state index >= 15 is 0 Å². The molecule has 0 saturated heterocycles. The van der Waals surface area contributed by atoms with Gasteiger partial charge in [0.15, 0.2) is 0 Å². The number of hydrogen-bond donors (Lipinski definition) is 0. The number of nitrogens with zero attached hydrogens (tertiary/aromatic N) is 5. The summed E-state index contributed by atoms with van der Waals surface area (Å²) in [5, 5.41) is 38.4. The molecule has 0 bridgehead atoms. The second-order valence-electron chi connectivity index (χ2n) is 4.80. The molecule has 1 aromatic heterocycles. The van der Waals surface area contributed by atoms with Gasteiger partial charge in [-0.05, 0) is 21.9 Å². The Kier molecular flexibility index (Phi) is 3.59. The normalized spacial score (nSPS) is 11.8. The molecule has 24 heavy (non-hydrogen) atoms. The molecule has 0 aliphatic rings. The second kappa shape index (κ2) is 5.73. The van der Waals surface area contributed by atoms with Gasteiger partial charge in [-0.25, -0.2) is 4.63 Å². The fraction of sp³-hybridized carbons (Fsp3) is 0.0714. The van der Waals surface area contributed by atoms with E-state index in [4.69, 9.17) is 0 Å². The SMILES string of the molecule is N#CC(c1ccc([N+](=O)[O-])cc1)c1ccc([N+](=O)[O-])c2nonc12. The lowest BCUT2D eigenvalue weighted by atomic mass is 9.91. The molecule has 3 aromatic rings. The number of hydrogen-bond acceptors (Lipinski definition) is 8. The van der Waals surface area contributed by atoms with Crippen LogP contribution in [-0.4, -0.2) is 20.2 Å². The summed E-state index contributed by atoms with van der Waals surface area (Å²) in [5.74, 6) is -0.832. The van der Waals surface area contributed by atoms with E-state index in [2.05, 4.69) is 21.0 Å². The topological polar surface area (TPSA) is 149 Å². The summed E-state index contributed by atoms with van der Waals surface area (Å²) in [6.07, 6.45) is 0. The molecular formula is C14H7N5O5. The van der Waals surface area contributed by atoms with Crippen molar-refractivity contribution in [2.24, 2.45) is 0 Å². The van der Waals surface area contributed by atoms with Crippen molar-refractivity contribution in [2.75, 3.05) is 0 Å². The van der Waals surface area contributed by atoms with E-state index in [0.29, 0.717) is 11.1 Å². The van der Waals surface area contributed by atoms with Gasteiger partial charge in [0.2, 0.25) is 5.52 Å². The number of fused-ring (bicyclic) bond motifs is 1. The van der Waals surface area contributed by atoms with Crippen molar-refractivity contribution in [2.45, 2.75) is 5.92 Å². The van der Waals surface area contributed by atoms with Crippen molar-refractivity contribution in [3.8, 4) is 6.07 Å². The quantitative estimate of drug-likeness (QED) is 0.524. The van der Waals surface area contributed by atoms with E-state index in [1.165, 1.54) is 36.4 Å². The minimum atomic E-state index is -0.832. The van der Waals surface area contributed by atoms with Gasteiger partial charge in [0.25, 0.3) is 5.69 Å². The van der Waals surface area contributed by atoms with Gasteiger partial charge in [0.1, 0.15) is 5.52 Å². The number of benzene rings is 2. The van der Waals surface area contributed by atoms with E-state index in [1.807, 2.05) is 0 Å². The van der Waals surface area contributed by atoms with Crippen molar-refractivity contribution >= 4 is 22.4 Å². The fourth-order valence-electron chi connectivity index (χ4n) is 2.37. The zero-order valence-corrected chi connectivity index (χ0v) is 11.8. The number of nitriles is 1. The molecule has 118 valence electrons. The highest BCUT2D eigenvalue weighted by molar-refractivity contribution is 5.87. The largest absolute Gasteiger partial charge is 0.300 e. The molecule has 0 amide bonds. The van der Waals surface area contributed by atoms with Gasteiger partial charge in [-0.2, -0.15) is 5.26 Å². The fourth-order valence-corrected chi connectivity index (χ4v) is 2.37. The van der Waals surface area contributed by atoms with Crippen LogP contribution in [0.4, 0.5) is 11.4 Å². The van der Waals surface area contributed by atoms with Crippen molar-refractivity contribution in [1.82, 2.24) is 10.3 Å². The van der Waals surface area contributed by atoms with Crippen LogP contribution in [0.25, 0.3) is 11.0 Å². The molecule has 1 heterocycles. The Morgan fingerprint density at radius 3 is 2.25 bits per heavy atom. The molecular weight excluding hydrogens is 318 g/mol. The lowest BCUT2D eigenvalue weighted by Crippen LogP contribution is -2.01. The highest BCUT2D eigenvalue weighted by atomic mass is 16.6. The van der Waals surface area contributed by atoms with Crippen LogP contribution in [0.15, 0.2) is 41.0 Å². The molecule has 0 N–H and O–H groups in total. The summed E-state index contributed by atoms with van der Waals surface area (Å²) in [5.41, 5.74) is 0.519. The Morgan fingerprint density at radius 2 is 1.67 bits per heavy atom. The number of aromatic nitrogens is 2. The van der Waals surface area contributed by atoms with E-state index in [9.17, 15) is 25.5 Å². The van der Waals surface area contributed by atoms with E-state index < -0.39 is 15.8 Å². The lowest BCUT2D eigenvalue weighted by Gasteiger charge is -2.09. The molecule has 1 unspecified atom stereocenters. The minimum Gasteiger partial charge on any atom is -0.258 e. The van der Waals surface area contributed by atoms with Crippen LogP contribution in [0.1, 0.15) is 17.0 Å². The van der Waals surface area contributed by atoms with Gasteiger partial charge in [-0.1, -0.05) is 12.1 Å². The Bertz CT molecular complexity index is 989. The molecule has 2 aromatic carbocycles. The van der Waals surface area contributed by atoms with Gasteiger partial charge < -0.3 is 0 Å². The molecule has 0 aliphatic carbocycles. The van der Waals surface area contributed by atoms with Crippen LogP contribution in [0.2, 0.25) is 0 Å². The monoisotopic (exact) mass is 325 g/mol. The first kappa shape index (κ1) is 15.0. The van der Waals surface area contributed by atoms with Crippen molar-refractivity contribution < 1.29 is 14.5 Å². The molecule has 0 radical (unpaired) electrons. The number of non-ortho nitro benzene ring substituents is 2. The van der Waals surface area contributed by atoms with E-state index in [0.717, 1.165) is 0 Å². The third-order valence-corrected chi connectivity index (χ3v) is 3.50. The summed E-state index contributed by atoms with van der Waals surface area (Å²) in [6, 6.07) is 10.2. The number of nitro benzene ring substituents is 2. The molecule has 10 nitrogen and oxygen atoms in total. The number of nitro groups is 2. The summed E-state index contributed by atoms with van der Waals surface area (Å²) in [6.45, 7) is 0. The zero-order valence-electron chi connectivity index (χ0n) is 11.8.